The summed E-state index contributed by atoms with van der Waals surface area (Å²) in [4.78, 5) is 28.8. The number of carboxylic acids is 1. The molecule has 2 aliphatic rings. The average Bonchev–Trinajstić information content (AvgIpc) is 3.34. The Bertz CT molecular complexity index is 690. The topological polar surface area (TPSA) is 85.8 Å². The Balaban J connectivity index is 0.000000370. The van der Waals surface area contributed by atoms with Crippen LogP contribution < -0.4 is 5.32 Å². The van der Waals surface area contributed by atoms with E-state index in [-0.39, 0.29) is 6.03 Å². The van der Waals surface area contributed by atoms with Gasteiger partial charge in [-0.25, -0.2) is 9.59 Å². The number of carboxylic acid groups (broad SMARTS) is 1. The van der Waals surface area contributed by atoms with Crippen molar-refractivity contribution >= 4 is 12.0 Å². The number of alkyl halides is 3. The van der Waals surface area contributed by atoms with E-state index < -0.39 is 12.1 Å². The number of urea groups is 1. The highest BCUT2D eigenvalue weighted by atomic mass is 19.4. The molecule has 3 rings (SSSR count). The minimum atomic E-state index is -5.08. The SMILES string of the molecule is CN(C)C(=O)NCC1CC12CCN(Cc1cccnc1)CC2.O=C(O)C(F)(F)F. The maximum absolute atomic E-state index is 11.6. The van der Waals surface area contributed by atoms with Gasteiger partial charge in [-0.1, -0.05) is 6.07 Å². The highest BCUT2D eigenvalue weighted by molar-refractivity contribution is 5.73. The molecular weight excluding hydrogens is 389 g/mol. The van der Waals surface area contributed by atoms with Crippen molar-refractivity contribution in [1.82, 2.24) is 20.1 Å². The van der Waals surface area contributed by atoms with Gasteiger partial charge < -0.3 is 15.3 Å². The molecule has 2 heterocycles. The molecule has 0 bridgehead atoms. The number of piperidine rings is 1. The molecule has 1 saturated heterocycles. The van der Waals surface area contributed by atoms with E-state index in [0.29, 0.717) is 11.3 Å². The number of carbonyl (C=O) groups is 2. The Hall–Kier alpha value is -2.36. The van der Waals surface area contributed by atoms with Gasteiger partial charge in [-0.3, -0.25) is 9.88 Å². The summed E-state index contributed by atoms with van der Waals surface area (Å²) in [5.74, 6) is -2.08. The predicted octanol–water partition coefficient (Wildman–Crippen LogP) is 2.59. The minimum Gasteiger partial charge on any atom is -0.475 e. The van der Waals surface area contributed by atoms with E-state index in [9.17, 15) is 18.0 Å². The van der Waals surface area contributed by atoms with Crippen LogP contribution in [0.4, 0.5) is 18.0 Å². The number of nitrogens with one attached hydrogen (secondary N) is 1. The number of hydrogen-bond donors (Lipinski definition) is 2. The van der Waals surface area contributed by atoms with Gasteiger partial charge in [0.15, 0.2) is 0 Å². The van der Waals surface area contributed by atoms with Crippen LogP contribution in [0.5, 0.6) is 0 Å². The number of likely N-dealkylation sites (tertiary alicyclic amines) is 1. The number of aromatic nitrogens is 1. The van der Waals surface area contributed by atoms with E-state index in [1.54, 1.807) is 19.0 Å². The van der Waals surface area contributed by atoms with Gasteiger partial charge in [0.25, 0.3) is 0 Å². The highest BCUT2D eigenvalue weighted by Gasteiger charge is 2.54. The van der Waals surface area contributed by atoms with Crippen molar-refractivity contribution in [1.29, 1.82) is 0 Å². The number of halogens is 3. The molecule has 0 aromatic carbocycles. The van der Waals surface area contributed by atoms with Crippen molar-refractivity contribution in [2.45, 2.75) is 32.0 Å². The van der Waals surface area contributed by atoms with Gasteiger partial charge in [-0.2, -0.15) is 13.2 Å². The van der Waals surface area contributed by atoms with Crippen LogP contribution in [0.25, 0.3) is 0 Å². The van der Waals surface area contributed by atoms with Gasteiger partial charge in [-0.05, 0) is 55.3 Å². The molecule has 1 aromatic heterocycles. The molecular formula is C19H27F3N4O3. The van der Waals surface area contributed by atoms with Crippen molar-refractivity contribution in [3.05, 3.63) is 30.1 Å². The molecule has 10 heteroatoms. The van der Waals surface area contributed by atoms with Crippen molar-refractivity contribution in [3.63, 3.8) is 0 Å². The first-order chi connectivity index (χ1) is 13.5. The predicted molar refractivity (Wildman–Crippen MR) is 100 cm³/mol. The number of aliphatic carboxylic acids is 1. The monoisotopic (exact) mass is 416 g/mol. The van der Waals surface area contributed by atoms with Gasteiger partial charge in [0, 0.05) is 39.6 Å². The third-order valence-electron chi connectivity index (χ3n) is 5.49. The lowest BCUT2D eigenvalue weighted by molar-refractivity contribution is -0.192. The summed E-state index contributed by atoms with van der Waals surface area (Å²) in [6, 6.07) is 4.18. The zero-order valence-corrected chi connectivity index (χ0v) is 16.6. The van der Waals surface area contributed by atoms with Crippen molar-refractivity contribution < 1.29 is 27.9 Å². The molecule has 29 heavy (non-hydrogen) atoms. The molecule has 1 saturated carbocycles. The Morgan fingerprint density at radius 2 is 1.97 bits per heavy atom. The Labute approximate surface area is 167 Å². The Kier molecular flexibility index (Phi) is 7.45. The summed E-state index contributed by atoms with van der Waals surface area (Å²) >= 11 is 0. The molecule has 1 aromatic rings. The fraction of sp³-hybridized carbons (Fsp3) is 0.632. The number of nitrogens with zero attached hydrogens (tertiary/aromatic N) is 3. The molecule has 2 amide bonds. The first-order valence-corrected chi connectivity index (χ1v) is 9.40. The Morgan fingerprint density at radius 3 is 2.45 bits per heavy atom. The smallest absolute Gasteiger partial charge is 0.475 e. The van der Waals surface area contributed by atoms with Crippen LogP contribution in [-0.4, -0.2) is 71.8 Å². The van der Waals surface area contributed by atoms with Crippen LogP contribution in [-0.2, 0) is 11.3 Å². The van der Waals surface area contributed by atoms with Crippen molar-refractivity contribution in [2.24, 2.45) is 11.3 Å². The average molecular weight is 416 g/mol. The maximum atomic E-state index is 11.6. The first kappa shape index (κ1) is 22.9. The van der Waals surface area contributed by atoms with Gasteiger partial charge in [0.05, 0.1) is 0 Å². The molecule has 1 aliphatic heterocycles. The van der Waals surface area contributed by atoms with Crippen LogP contribution in [0, 0.1) is 11.3 Å². The highest BCUT2D eigenvalue weighted by Crippen LogP contribution is 2.59. The lowest BCUT2D eigenvalue weighted by Gasteiger charge is -2.33. The minimum absolute atomic E-state index is 0.0241. The zero-order valence-electron chi connectivity index (χ0n) is 16.6. The fourth-order valence-corrected chi connectivity index (χ4v) is 3.61. The molecule has 7 nitrogen and oxygen atoms in total. The van der Waals surface area contributed by atoms with E-state index in [4.69, 9.17) is 9.90 Å². The molecule has 162 valence electrons. The summed E-state index contributed by atoms with van der Waals surface area (Å²) < 4.78 is 31.7. The summed E-state index contributed by atoms with van der Waals surface area (Å²) in [6.45, 7) is 4.16. The number of amides is 2. The second kappa shape index (κ2) is 9.43. The van der Waals surface area contributed by atoms with Crippen LogP contribution >= 0.6 is 0 Å². The van der Waals surface area contributed by atoms with Gasteiger partial charge in [-0.15, -0.1) is 0 Å². The number of rotatable bonds is 4. The largest absolute Gasteiger partial charge is 0.490 e. The lowest BCUT2D eigenvalue weighted by Crippen LogP contribution is -2.38. The normalized spacial score (nSPS) is 20.4. The van der Waals surface area contributed by atoms with Gasteiger partial charge in [0.2, 0.25) is 0 Å². The number of hydrogen-bond acceptors (Lipinski definition) is 4. The van der Waals surface area contributed by atoms with Gasteiger partial charge >= 0.3 is 18.2 Å². The van der Waals surface area contributed by atoms with Crippen LogP contribution in [0.2, 0.25) is 0 Å². The van der Waals surface area contributed by atoms with Crippen LogP contribution in [0.15, 0.2) is 24.5 Å². The quantitative estimate of drug-likeness (QED) is 0.788. The van der Waals surface area contributed by atoms with Crippen LogP contribution in [0.3, 0.4) is 0 Å². The fourth-order valence-electron chi connectivity index (χ4n) is 3.61. The maximum Gasteiger partial charge on any atom is 0.490 e. The zero-order chi connectivity index (χ0) is 21.7. The summed E-state index contributed by atoms with van der Waals surface area (Å²) in [5.41, 5.74) is 1.80. The van der Waals surface area contributed by atoms with E-state index >= 15 is 0 Å². The van der Waals surface area contributed by atoms with E-state index in [2.05, 4.69) is 21.3 Å². The Morgan fingerprint density at radius 1 is 1.34 bits per heavy atom. The molecule has 0 radical (unpaired) electrons. The van der Waals surface area contributed by atoms with Crippen molar-refractivity contribution in [2.75, 3.05) is 33.7 Å². The molecule has 2 N–H and O–H groups in total. The van der Waals surface area contributed by atoms with E-state index in [1.165, 1.54) is 24.8 Å². The number of carbonyl (C=O) groups excluding carboxylic acids is 1. The summed E-state index contributed by atoms with van der Waals surface area (Å²) in [6.07, 6.45) is 2.50. The van der Waals surface area contributed by atoms with E-state index in [1.807, 2.05) is 18.5 Å². The lowest BCUT2D eigenvalue weighted by atomic mass is 9.90. The second-order valence-electron chi connectivity index (χ2n) is 7.78. The summed E-state index contributed by atoms with van der Waals surface area (Å²) in [7, 11) is 3.57. The first-order valence-electron chi connectivity index (χ1n) is 9.40. The molecule has 1 spiro atoms. The summed E-state index contributed by atoms with van der Waals surface area (Å²) in [5, 5.41) is 10.2. The number of pyridine rings is 1. The molecule has 2 fully saturated rings. The molecule has 1 atom stereocenters. The molecule has 1 unspecified atom stereocenters. The third-order valence-corrected chi connectivity index (χ3v) is 5.49. The van der Waals surface area contributed by atoms with Gasteiger partial charge in [0.1, 0.15) is 0 Å². The molecule has 1 aliphatic carbocycles. The van der Waals surface area contributed by atoms with Crippen LogP contribution in [0.1, 0.15) is 24.8 Å². The van der Waals surface area contributed by atoms with E-state index in [0.717, 1.165) is 26.2 Å². The van der Waals surface area contributed by atoms with Crippen molar-refractivity contribution in [3.8, 4) is 0 Å². The second-order valence-corrected chi connectivity index (χ2v) is 7.78. The third kappa shape index (κ3) is 6.88. The standard InChI is InChI=1S/C17H26N4O.C2HF3O2/c1-20(2)16(22)19-12-15-10-17(15)5-8-21(9-6-17)13-14-4-3-7-18-11-14;3-2(4,5)1(6)7/h3-4,7,11,15H,5-6,8-10,12-13H2,1-2H3,(H,19,22);(H,6,7).